The Hall–Kier alpha value is -3.03. The van der Waals surface area contributed by atoms with Crippen molar-refractivity contribution in [3.63, 3.8) is 0 Å². The van der Waals surface area contributed by atoms with Crippen LogP contribution in [0.3, 0.4) is 0 Å². The van der Waals surface area contributed by atoms with Crippen molar-refractivity contribution in [3.8, 4) is 0 Å². The van der Waals surface area contributed by atoms with Gasteiger partial charge in [-0.3, -0.25) is 15.3 Å². The first-order chi connectivity index (χ1) is 11.7. The Morgan fingerprint density at radius 3 is 2.44 bits per heavy atom. The quantitative estimate of drug-likeness (QED) is 0.883. The summed E-state index contributed by atoms with van der Waals surface area (Å²) in [6.07, 6.45) is -1.24. The van der Waals surface area contributed by atoms with Crippen LogP contribution in [0.5, 0.6) is 0 Å². The zero-order valence-corrected chi connectivity index (χ0v) is 14.7. The third-order valence-electron chi connectivity index (χ3n) is 2.95. The van der Waals surface area contributed by atoms with Crippen LogP contribution in [0.4, 0.5) is 21.2 Å². The van der Waals surface area contributed by atoms with Gasteiger partial charge >= 0.3 is 12.2 Å². The van der Waals surface area contributed by atoms with Crippen molar-refractivity contribution in [2.75, 3.05) is 10.6 Å². The molecule has 8 nitrogen and oxygen atoms in total. The van der Waals surface area contributed by atoms with E-state index in [9.17, 15) is 9.59 Å². The van der Waals surface area contributed by atoms with Gasteiger partial charge < -0.3 is 9.47 Å². The molecule has 0 saturated carbocycles. The maximum Gasteiger partial charge on any atom is 0.413 e. The molecule has 0 bridgehead atoms. The van der Waals surface area contributed by atoms with E-state index in [0.717, 1.165) is 5.56 Å². The first-order valence-corrected chi connectivity index (χ1v) is 7.75. The number of anilines is 2. The van der Waals surface area contributed by atoms with Gasteiger partial charge in [-0.15, -0.1) is 0 Å². The molecule has 2 N–H and O–H groups in total. The molecule has 0 atom stereocenters. The molecule has 134 valence electrons. The predicted molar refractivity (Wildman–Crippen MR) is 93.3 cm³/mol. The molecule has 2 aromatic rings. The van der Waals surface area contributed by atoms with Crippen molar-refractivity contribution in [1.82, 2.24) is 9.78 Å². The summed E-state index contributed by atoms with van der Waals surface area (Å²) in [6, 6.07) is 10.8. The second-order valence-electron chi connectivity index (χ2n) is 6.35. The lowest BCUT2D eigenvalue weighted by atomic mass is 10.2. The molecular weight excluding hydrogens is 324 g/mol. The molecule has 0 aliphatic rings. The number of aryl methyl sites for hydroxylation is 1. The highest BCUT2D eigenvalue weighted by atomic mass is 16.6. The number of amides is 2. The van der Waals surface area contributed by atoms with Gasteiger partial charge in [-0.2, -0.15) is 5.10 Å². The first kappa shape index (κ1) is 18.3. The Bertz CT molecular complexity index is 735. The fraction of sp³-hybridized carbons (Fsp3) is 0.353. The molecule has 8 heteroatoms. The summed E-state index contributed by atoms with van der Waals surface area (Å²) in [5.41, 5.74) is 0.274. The second kappa shape index (κ2) is 7.69. The predicted octanol–water partition coefficient (Wildman–Crippen LogP) is 3.52. The average molecular weight is 346 g/mol. The Morgan fingerprint density at radius 2 is 1.80 bits per heavy atom. The van der Waals surface area contributed by atoms with E-state index < -0.39 is 17.8 Å². The van der Waals surface area contributed by atoms with Crippen molar-refractivity contribution >= 4 is 23.8 Å². The number of carbonyl (C=O) groups excluding carboxylic acids is 2. The maximum absolute atomic E-state index is 11.8. The highest BCUT2D eigenvalue weighted by molar-refractivity contribution is 5.87. The molecule has 0 unspecified atom stereocenters. The normalized spacial score (nSPS) is 10.9. The standard InChI is InChI=1S/C17H22N4O4/c1-17(2,3)25-16(23)19-14-10-13(20-21(14)4)18-15(22)24-11-12-8-6-5-7-9-12/h5-10H,11H2,1-4H3,(H,19,23)(H,18,20,22). The van der Waals surface area contributed by atoms with Crippen LogP contribution in [0.1, 0.15) is 26.3 Å². The van der Waals surface area contributed by atoms with E-state index in [1.54, 1.807) is 27.8 Å². The number of hydrogen-bond donors (Lipinski definition) is 2. The zero-order chi connectivity index (χ0) is 18.4. The lowest BCUT2D eigenvalue weighted by Crippen LogP contribution is -2.27. The molecule has 1 aromatic heterocycles. The van der Waals surface area contributed by atoms with Gasteiger partial charge in [0.25, 0.3) is 0 Å². The molecule has 1 heterocycles. The average Bonchev–Trinajstić information content (AvgIpc) is 2.83. The minimum absolute atomic E-state index is 0.155. The smallest absolute Gasteiger partial charge is 0.413 e. The maximum atomic E-state index is 11.8. The number of nitrogens with one attached hydrogen (secondary N) is 2. The van der Waals surface area contributed by atoms with Crippen LogP contribution in [-0.4, -0.2) is 27.6 Å². The van der Waals surface area contributed by atoms with E-state index in [2.05, 4.69) is 15.7 Å². The SMILES string of the molecule is Cn1nc(NC(=O)OCc2ccccc2)cc1NC(=O)OC(C)(C)C. The Morgan fingerprint density at radius 1 is 1.12 bits per heavy atom. The largest absolute Gasteiger partial charge is 0.444 e. The topological polar surface area (TPSA) is 94.5 Å². The summed E-state index contributed by atoms with van der Waals surface area (Å²) >= 11 is 0. The van der Waals surface area contributed by atoms with Gasteiger partial charge in [-0.1, -0.05) is 30.3 Å². The Kier molecular flexibility index (Phi) is 5.63. The van der Waals surface area contributed by atoms with Crippen molar-refractivity contribution in [2.45, 2.75) is 33.0 Å². The fourth-order valence-electron chi connectivity index (χ4n) is 1.92. The third kappa shape index (κ3) is 6.17. The van der Waals surface area contributed by atoms with Crippen LogP contribution in [-0.2, 0) is 23.1 Å². The van der Waals surface area contributed by atoms with Gasteiger partial charge in [-0.25, -0.2) is 9.59 Å². The highest BCUT2D eigenvalue weighted by Crippen LogP contribution is 2.16. The molecule has 0 radical (unpaired) electrons. The summed E-state index contributed by atoms with van der Waals surface area (Å²) in [7, 11) is 1.63. The second-order valence-corrected chi connectivity index (χ2v) is 6.35. The lowest BCUT2D eigenvalue weighted by Gasteiger charge is -2.19. The van der Waals surface area contributed by atoms with Crippen LogP contribution in [0.15, 0.2) is 36.4 Å². The van der Waals surface area contributed by atoms with E-state index >= 15 is 0 Å². The van der Waals surface area contributed by atoms with Crippen molar-refractivity contribution in [1.29, 1.82) is 0 Å². The summed E-state index contributed by atoms with van der Waals surface area (Å²) in [5, 5.41) is 9.16. The Balaban J connectivity index is 1.88. The van der Waals surface area contributed by atoms with Crippen LogP contribution in [0, 0.1) is 0 Å². The summed E-state index contributed by atoms with van der Waals surface area (Å²) in [4.78, 5) is 23.6. The summed E-state index contributed by atoms with van der Waals surface area (Å²) in [5.74, 6) is 0.638. The van der Waals surface area contributed by atoms with Crippen LogP contribution in [0.2, 0.25) is 0 Å². The molecule has 1 aromatic carbocycles. The van der Waals surface area contributed by atoms with Crippen molar-refractivity contribution in [2.24, 2.45) is 7.05 Å². The van der Waals surface area contributed by atoms with E-state index in [1.807, 2.05) is 30.3 Å². The van der Waals surface area contributed by atoms with Gasteiger partial charge in [0.1, 0.15) is 18.0 Å². The van der Waals surface area contributed by atoms with E-state index in [4.69, 9.17) is 9.47 Å². The van der Waals surface area contributed by atoms with Gasteiger partial charge in [0, 0.05) is 13.1 Å². The molecule has 0 saturated heterocycles. The minimum Gasteiger partial charge on any atom is -0.444 e. The highest BCUT2D eigenvalue weighted by Gasteiger charge is 2.18. The van der Waals surface area contributed by atoms with Gasteiger partial charge in [-0.05, 0) is 26.3 Å². The van der Waals surface area contributed by atoms with Gasteiger partial charge in [0.15, 0.2) is 5.82 Å². The number of aromatic nitrogens is 2. The fourth-order valence-corrected chi connectivity index (χ4v) is 1.92. The monoisotopic (exact) mass is 346 g/mol. The molecule has 25 heavy (non-hydrogen) atoms. The van der Waals surface area contributed by atoms with Crippen LogP contribution >= 0.6 is 0 Å². The number of ether oxygens (including phenoxy) is 2. The van der Waals surface area contributed by atoms with Gasteiger partial charge in [0.2, 0.25) is 0 Å². The third-order valence-corrected chi connectivity index (χ3v) is 2.95. The number of rotatable bonds is 4. The summed E-state index contributed by atoms with van der Waals surface area (Å²) < 4.78 is 11.7. The van der Waals surface area contributed by atoms with Crippen molar-refractivity contribution < 1.29 is 19.1 Å². The van der Waals surface area contributed by atoms with E-state index in [0.29, 0.717) is 5.82 Å². The number of carbonyl (C=O) groups is 2. The molecule has 0 spiro atoms. The van der Waals surface area contributed by atoms with E-state index in [-0.39, 0.29) is 12.4 Å². The number of hydrogen-bond acceptors (Lipinski definition) is 5. The van der Waals surface area contributed by atoms with E-state index in [1.165, 1.54) is 10.7 Å². The molecule has 2 amide bonds. The zero-order valence-electron chi connectivity index (χ0n) is 14.7. The Labute approximate surface area is 146 Å². The lowest BCUT2D eigenvalue weighted by molar-refractivity contribution is 0.0634. The molecule has 0 aliphatic carbocycles. The molecule has 0 fully saturated rings. The van der Waals surface area contributed by atoms with Crippen LogP contribution < -0.4 is 10.6 Å². The van der Waals surface area contributed by atoms with Crippen LogP contribution in [0.25, 0.3) is 0 Å². The molecule has 2 rings (SSSR count). The van der Waals surface area contributed by atoms with Gasteiger partial charge in [0.05, 0.1) is 0 Å². The molecule has 0 aliphatic heterocycles. The number of nitrogens with zero attached hydrogens (tertiary/aromatic N) is 2. The number of benzene rings is 1. The summed E-state index contributed by atoms with van der Waals surface area (Å²) in [6.45, 7) is 5.46. The van der Waals surface area contributed by atoms with Crippen molar-refractivity contribution in [3.05, 3.63) is 42.0 Å². The minimum atomic E-state index is -0.634. The first-order valence-electron chi connectivity index (χ1n) is 7.75. The molecular formula is C17H22N4O4.